The fraction of sp³-hybridized carbons (Fsp3) is 0.409. The number of nitriles is 2. The van der Waals surface area contributed by atoms with Crippen LogP contribution in [-0.4, -0.2) is 178 Å². The first-order valence-corrected chi connectivity index (χ1v) is 32.9. The third kappa shape index (κ3) is 19.2. The van der Waals surface area contributed by atoms with Gasteiger partial charge >= 0.3 is 11.6 Å². The number of hydrogen-bond acceptors (Lipinski definition) is 27. The number of amidine groups is 2. The van der Waals surface area contributed by atoms with Gasteiger partial charge in [-0.3, -0.25) is 25.0 Å². The van der Waals surface area contributed by atoms with Crippen LogP contribution in [-0.2, 0) is 38.6 Å². The lowest BCUT2D eigenvalue weighted by atomic mass is 10.1. The van der Waals surface area contributed by atoms with Gasteiger partial charge in [-0.1, -0.05) is 45.9 Å². The molecule has 0 radical (unpaired) electrons. The van der Waals surface area contributed by atoms with Crippen molar-refractivity contribution in [3.63, 3.8) is 0 Å². The molecule has 8 aliphatic heterocycles. The average molecular weight is 1350 g/mol. The lowest BCUT2D eigenvalue weighted by Gasteiger charge is -2.29. The number of ether oxygens (including phenoxy) is 4. The lowest BCUT2D eigenvalue weighted by Crippen LogP contribution is -2.41. The zero-order valence-corrected chi connectivity index (χ0v) is 56.6. The standard InChI is InChI=1S/C14H10N4S.C11H15N3OS.C10H13N5O.C9H12N4O.C8H10N4.C7H9N3.C7H8N2O/c15-14-12-9(17-7-18-14)6-16-13(12)11-5-8-3-1-2-4-10(8)19-11;1-4-9-16-11(10(12-2)13-3)14-5-7-15-8-6-14;11-9-8-7(13-6-14-9)5-12-10(8)15-1-3-16-4-2-15;10-5-7-8(11)6-12-9(7)13-1-3-14-4-2-13;1-2-5-7-6(3-10-5)11-4-12-8(7)9;1-2-7-5(3-8)6(9)4-10-7;1-5-6(10-4)7(8-2)9-3/h1-5,7H,6H2,(H2,15,17,18);4-9H2,1H3;6H,1-5H2,(H2,11,13,14);1-4,6,11H2;4H,2-3H2,1H3,(H2,9,11,12);2,4,9H2,1H3;5H2,1,4H3. The molecule has 0 saturated carbocycles. The maximum atomic E-state index is 8.91. The van der Waals surface area contributed by atoms with Crippen LogP contribution in [0, 0.1) is 49.0 Å². The van der Waals surface area contributed by atoms with E-state index >= 15 is 0 Å². The quantitative estimate of drug-likeness (QED) is 0.0701. The summed E-state index contributed by atoms with van der Waals surface area (Å²) in [5.74, 6) is 4.89. The normalized spacial score (nSPS) is 15.8. The van der Waals surface area contributed by atoms with E-state index in [4.69, 9.17) is 84.4 Å². The van der Waals surface area contributed by atoms with E-state index in [1.807, 2.05) is 32.0 Å². The van der Waals surface area contributed by atoms with Gasteiger partial charge in [0.05, 0.1) is 141 Å². The number of nitrogens with two attached hydrogens (primary N) is 5. The molecule has 0 atom stereocenters. The second-order valence-electron chi connectivity index (χ2n) is 21.1. The van der Waals surface area contributed by atoms with Crippen molar-refractivity contribution in [3.05, 3.63) is 179 Å². The van der Waals surface area contributed by atoms with Gasteiger partial charge in [-0.05, 0) is 42.5 Å². The molecule has 31 heteroatoms. The second kappa shape index (κ2) is 37.9. The van der Waals surface area contributed by atoms with Gasteiger partial charge in [0.25, 0.3) is 0 Å². The largest absolute Gasteiger partial charge is 0.557 e. The fourth-order valence-corrected chi connectivity index (χ4v) is 12.4. The Kier molecular flexibility index (Phi) is 28.7. The molecule has 0 amide bonds. The number of nitrogen functional groups attached to an aromatic ring is 3. The Morgan fingerprint density at radius 1 is 0.588 bits per heavy atom. The van der Waals surface area contributed by atoms with Crippen LogP contribution in [0.2, 0.25) is 0 Å². The van der Waals surface area contributed by atoms with Crippen molar-refractivity contribution in [2.45, 2.75) is 73.0 Å². The number of aromatic nitrogens is 6. The molecule has 0 spiro atoms. The number of hydrogen-bond donors (Lipinski definition) is 5. The predicted molar refractivity (Wildman–Crippen MR) is 378 cm³/mol. The number of aliphatic imine (C=N–C) groups is 5. The van der Waals surface area contributed by atoms with Crippen molar-refractivity contribution >= 4 is 79.4 Å². The average Bonchev–Trinajstić information content (AvgIpc) is 1.68. The molecule has 8 aliphatic rings. The molecule has 1 aromatic carbocycles. The Morgan fingerprint density at radius 3 is 1.60 bits per heavy atom. The van der Waals surface area contributed by atoms with Crippen LogP contribution >= 0.6 is 23.1 Å². The van der Waals surface area contributed by atoms with Crippen LogP contribution in [0.1, 0.15) is 92.0 Å². The molecule has 3 fully saturated rings. The fourth-order valence-electron chi connectivity index (χ4n) is 10.3. The van der Waals surface area contributed by atoms with Crippen molar-refractivity contribution in [3.8, 4) is 12.1 Å². The smallest absolute Gasteiger partial charge is 0.504 e. The van der Waals surface area contributed by atoms with Crippen LogP contribution < -0.4 is 28.7 Å². The van der Waals surface area contributed by atoms with Crippen molar-refractivity contribution in [2.24, 2.45) is 36.4 Å². The second-order valence-corrected chi connectivity index (χ2v) is 23.3. The molecule has 0 bridgehead atoms. The highest BCUT2D eigenvalue weighted by molar-refractivity contribution is 8.03. The van der Waals surface area contributed by atoms with E-state index in [2.05, 4.69) is 127 Å². The van der Waals surface area contributed by atoms with Gasteiger partial charge < -0.3 is 62.3 Å². The summed E-state index contributed by atoms with van der Waals surface area (Å²) in [4.78, 5) is 66.4. The summed E-state index contributed by atoms with van der Waals surface area (Å²) in [6, 6.07) is 14.6. The van der Waals surface area contributed by atoms with Crippen LogP contribution in [0.3, 0.4) is 0 Å². The Balaban J connectivity index is 0.000000161. The molecule has 13 rings (SSSR count). The van der Waals surface area contributed by atoms with Gasteiger partial charge in [0.2, 0.25) is 0 Å². The monoisotopic (exact) mass is 1350 g/mol. The number of allylic oxidation sites excluding steroid dienone is 2. The number of rotatable bonds is 9. The van der Waals surface area contributed by atoms with E-state index in [1.165, 1.54) is 36.2 Å². The number of benzene rings is 1. The molecular formula is C66H77N25O4S2. The third-order valence-corrected chi connectivity index (χ3v) is 17.6. The highest BCUT2D eigenvalue weighted by Crippen LogP contribution is 2.33. The Bertz CT molecular complexity index is 4110. The number of nitrogens with zero attached hydrogens (tertiary/aromatic N) is 20. The highest BCUT2D eigenvalue weighted by atomic mass is 32.2. The van der Waals surface area contributed by atoms with Crippen LogP contribution in [0.5, 0.6) is 0 Å². The number of anilines is 3. The molecule has 29 nitrogen and oxygen atoms in total. The highest BCUT2D eigenvalue weighted by Gasteiger charge is 2.29. The zero-order valence-electron chi connectivity index (χ0n) is 55.0. The van der Waals surface area contributed by atoms with Crippen LogP contribution in [0.15, 0.2) is 119 Å². The molecule has 10 N–H and O–H groups in total. The van der Waals surface area contributed by atoms with Gasteiger partial charge in [0.1, 0.15) is 92.1 Å². The number of morpholine rings is 3. The predicted octanol–water partition coefficient (Wildman–Crippen LogP) is 7.58. The van der Waals surface area contributed by atoms with E-state index in [1.54, 1.807) is 23.1 Å². The molecule has 5 aromatic rings. The zero-order chi connectivity index (χ0) is 69.6. The summed E-state index contributed by atoms with van der Waals surface area (Å²) in [5, 5.41) is 19.5. The van der Waals surface area contributed by atoms with Crippen molar-refractivity contribution in [2.75, 3.05) is 122 Å². The third-order valence-electron chi connectivity index (χ3n) is 15.1. The topological polar surface area (TPSA) is 381 Å². The molecule has 502 valence electrons. The minimum atomic E-state index is 0.0324. The Labute approximate surface area is 572 Å². The van der Waals surface area contributed by atoms with E-state index < -0.39 is 0 Å². The summed E-state index contributed by atoms with van der Waals surface area (Å²) in [6.07, 6.45) is 7.80. The minimum Gasteiger partial charge on any atom is -0.504 e. The van der Waals surface area contributed by atoms with E-state index in [0.717, 1.165) is 150 Å². The van der Waals surface area contributed by atoms with Crippen molar-refractivity contribution in [1.29, 1.82) is 10.5 Å². The molecule has 4 aromatic heterocycles. The minimum absolute atomic E-state index is 0.0324. The number of thioether (sulfide) groups is 1. The SMILES string of the molecule is CCC1=NCC(N)=C1C#N.CCC1=NCc2ncnc(N)c21.N#CC1=C(N)CN=C1N1CCOCC1.Nc1ncnc2c1C(N1CCOCC1)=NC2.Nc1ncnc2c1C(c1cc3ccccc3s1)=NC2.[C-]#[N+]C([N+]#[C-])=C(CC)OC.[C-]#[N+]C([N+]#[C-])=C(SCCC)N1CCOCC1. The van der Waals surface area contributed by atoms with E-state index in [9.17, 15) is 0 Å². The summed E-state index contributed by atoms with van der Waals surface area (Å²) in [5.41, 5.74) is 39.4. The summed E-state index contributed by atoms with van der Waals surface area (Å²) in [7, 11) is 1.47. The maximum absolute atomic E-state index is 8.91. The number of methoxy groups -OCH3 is 1. The molecule has 97 heavy (non-hydrogen) atoms. The van der Waals surface area contributed by atoms with Gasteiger partial charge in [-0.25, -0.2) is 29.9 Å². The van der Waals surface area contributed by atoms with E-state index in [-0.39, 0.29) is 11.6 Å². The number of thiophene rings is 1. The molecule has 0 aliphatic carbocycles. The lowest BCUT2D eigenvalue weighted by molar-refractivity contribution is 0.0574. The molecule has 0 unspecified atom stereocenters. The first kappa shape index (κ1) is 73.5. The molecule has 3 saturated heterocycles. The van der Waals surface area contributed by atoms with Crippen molar-refractivity contribution < 1.29 is 18.9 Å². The molecule has 12 heterocycles. The molecular weight excluding hydrogens is 1270 g/mol. The maximum Gasteiger partial charge on any atom is 0.557 e. The summed E-state index contributed by atoms with van der Waals surface area (Å²) in [6.45, 7) is 47.0. The summed E-state index contributed by atoms with van der Waals surface area (Å²) >= 11 is 3.33. The van der Waals surface area contributed by atoms with Gasteiger partial charge in [-0.2, -0.15) is 29.9 Å². The Morgan fingerprint density at radius 2 is 1.07 bits per heavy atom. The number of fused-ring (bicyclic) bond motifs is 4. The van der Waals surface area contributed by atoms with Crippen LogP contribution in [0.4, 0.5) is 17.5 Å². The van der Waals surface area contributed by atoms with Gasteiger partial charge in [0.15, 0.2) is 10.8 Å². The van der Waals surface area contributed by atoms with Gasteiger partial charge in [0, 0.05) is 61.8 Å². The van der Waals surface area contributed by atoms with Gasteiger partial charge in [-0.15, -0.1) is 23.1 Å². The van der Waals surface area contributed by atoms with E-state index in [0.29, 0.717) is 111 Å². The first-order valence-electron chi connectivity index (χ1n) is 31.1. The van der Waals surface area contributed by atoms with Crippen LogP contribution in [0.25, 0.3) is 29.5 Å². The first-order chi connectivity index (χ1) is 47.3. The summed E-state index contributed by atoms with van der Waals surface area (Å²) < 4.78 is 21.9. The Hall–Kier alpha value is -10.9. The van der Waals surface area contributed by atoms with Crippen molar-refractivity contribution in [1.82, 2.24) is 44.6 Å².